The normalized spacial score (nSPS) is 15.1. The Morgan fingerprint density at radius 1 is 1.23 bits per heavy atom. The average Bonchev–Trinajstić information content (AvgIpc) is 2.54. The lowest BCUT2D eigenvalue weighted by molar-refractivity contribution is -0.145. The van der Waals surface area contributed by atoms with Gasteiger partial charge in [-0.25, -0.2) is 4.79 Å². The average molecular weight is 305 g/mol. The molecule has 0 aromatic heterocycles. The number of carbonyl (C=O) groups is 2. The summed E-state index contributed by atoms with van der Waals surface area (Å²) < 4.78 is 10.2. The van der Waals surface area contributed by atoms with Gasteiger partial charge in [-0.15, -0.1) is 0 Å². The second kappa shape index (κ2) is 8.41. The van der Waals surface area contributed by atoms with E-state index >= 15 is 0 Å². The second-order valence-corrected chi connectivity index (χ2v) is 5.45. The molecule has 0 bridgehead atoms. The van der Waals surface area contributed by atoms with Gasteiger partial charge in [-0.1, -0.05) is 25.3 Å². The second-order valence-electron chi connectivity index (χ2n) is 5.45. The molecule has 1 aromatic carbocycles. The molecule has 0 aliphatic heterocycles. The van der Waals surface area contributed by atoms with Crippen molar-refractivity contribution in [3.8, 4) is 5.75 Å². The third-order valence-corrected chi connectivity index (χ3v) is 3.74. The molecule has 1 aliphatic carbocycles. The van der Waals surface area contributed by atoms with Gasteiger partial charge in [0.1, 0.15) is 5.75 Å². The van der Waals surface area contributed by atoms with Crippen LogP contribution in [0.5, 0.6) is 5.75 Å². The molecule has 0 atom stereocenters. The van der Waals surface area contributed by atoms with Gasteiger partial charge >= 0.3 is 5.97 Å². The maximum atomic E-state index is 12.2. The molecule has 0 heterocycles. The van der Waals surface area contributed by atoms with Gasteiger partial charge in [0.05, 0.1) is 6.61 Å². The molecule has 2 rings (SSSR count). The van der Waals surface area contributed by atoms with Crippen molar-refractivity contribution in [3.63, 3.8) is 0 Å². The number of nitrogens with one attached hydrogen (secondary N) is 1. The first-order valence-corrected chi connectivity index (χ1v) is 7.88. The molecule has 0 saturated heterocycles. The van der Waals surface area contributed by atoms with Crippen molar-refractivity contribution in [2.24, 2.45) is 5.92 Å². The van der Waals surface area contributed by atoms with Gasteiger partial charge in [0.2, 0.25) is 5.91 Å². The third-order valence-electron chi connectivity index (χ3n) is 3.74. The zero-order valence-electron chi connectivity index (χ0n) is 13.0. The molecule has 5 heteroatoms. The zero-order chi connectivity index (χ0) is 15.8. The summed E-state index contributed by atoms with van der Waals surface area (Å²) >= 11 is 0. The summed E-state index contributed by atoms with van der Waals surface area (Å²) in [5.74, 6) is 0.314. The highest BCUT2D eigenvalue weighted by Crippen LogP contribution is 2.25. The maximum Gasteiger partial charge on any atom is 0.344 e. The van der Waals surface area contributed by atoms with Crippen molar-refractivity contribution >= 4 is 17.6 Å². The molecular weight excluding hydrogens is 282 g/mol. The van der Waals surface area contributed by atoms with Crippen LogP contribution >= 0.6 is 0 Å². The van der Waals surface area contributed by atoms with Gasteiger partial charge in [-0.05, 0) is 31.9 Å². The topological polar surface area (TPSA) is 64.6 Å². The van der Waals surface area contributed by atoms with Gasteiger partial charge in [-0.3, -0.25) is 4.79 Å². The quantitative estimate of drug-likeness (QED) is 0.820. The maximum absolute atomic E-state index is 12.2. The van der Waals surface area contributed by atoms with Gasteiger partial charge in [0, 0.05) is 17.7 Å². The predicted octanol–water partition coefficient (Wildman–Crippen LogP) is 3.15. The molecule has 22 heavy (non-hydrogen) atoms. The Balaban J connectivity index is 1.87. The molecule has 120 valence electrons. The number of esters is 1. The lowest BCUT2D eigenvalue weighted by atomic mass is 9.88. The fraction of sp³-hybridized carbons (Fsp3) is 0.529. The van der Waals surface area contributed by atoms with Crippen molar-refractivity contribution < 1.29 is 19.1 Å². The fourth-order valence-electron chi connectivity index (χ4n) is 2.62. The van der Waals surface area contributed by atoms with Gasteiger partial charge in [0.15, 0.2) is 6.61 Å². The molecule has 5 nitrogen and oxygen atoms in total. The first kappa shape index (κ1) is 16.3. The van der Waals surface area contributed by atoms with Crippen molar-refractivity contribution in [1.82, 2.24) is 0 Å². The highest BCUT2D eigenvalue weighted by atomic mass is 16.6. The van der Waals surface area contributed by atoms with Crippen LogP contribution in [0.4, 0.5) is 5.69 Å². The summed E-state index contributed by atoms with van der Waals surface area (Å²) in [4.78, 5) is 23.5. The number of hydrogen-bond acceptors (Lipinski definition) is 4. The van der Waals surface area contributed by atoms with Crippen LogP contribution in [0.15, 0.2) is 24.3 Å². The van der Waals surface area contributed by atoms with Gasteiger partial charge in [-0.2, -0.15) is 0 Å². The summed E-state index contributed by atoms with van der Waals surface area (Å²) in [5.41, 5.74) is 0.692. The highest BCUT2D eigenvalue weighted by Gasteiger charge is 2.21. The Bertz CT molecular complexity index is 509. The summed E-state index contributed by atoms with van der Waals surface area (Å²) in [6, 6.07) is 7.07. The number of ether oxygens (including phenoxy) is 2. The van der Waals surface area contributed by atoms with E-state index in [9.17, 15) is 9.59 Å². The lowest BCUT2D eigenvalue weighted by Crippen LogP contribution is -2.24. The summed E-state index contributed by atoms with van der Waals surface area (Å²) in [7, 11) is 0. The Hall–Kier alpha value is -2.04. The van der Waals surface area contributed by atoms with E-state index in [0.29, 0.717) is 18.0 Å². The molecular formula is C17H23NO4. The molecule has 0 unspecified atom stereocenters. The number of amides is 1. The van der Waals surface area contributed by atoms with Crippen molar-refractivity contribution in [2.75, 3.05) is 18.5 Å². The van der Waals surface area contributed by atoms with Crippen molar-refractivity contribution in [2.45, 2.75) is 39.0 Å². The van der Waals surface area contributed by atoms with Crippen LogP contribution in [0.2, 0.25) is 0 Å². The van der Waals surface area contributed by atoms with Gasteiger partial charge < -0.3 is 14.8 Å². The number of carbonyl (C=O) groups excluding carboxylic acids is 2. The Kier molecular flexibility index (Phi) is 6.25. The molecule has 0 spiro atoms. The molecule has 1 N–H and O–H groups in total. The van der Waals surface area contributed by atoms with E-state index < -0.39 is 5.97 Å². The number of benzene rings is 1. The van der Waals surface area contributed by atoms with Crippen LogP contribution in [-0.2, 0) is 14.3 Å². The van der Waals surface area contributed by atoms with Crippen molar-refractivity contribution in [3.05, 3.63) is 24.3 Å². The SMILES string of the molecule is CCOC(=O)COc1cccc(NC(=O)C2CCCCC2)c1. The minimum absolute atomic E-state index is 0.0715. The van der Waals surface area contributed by atoms with E-state index in [1.165, 1.54) is 6.42 Å². The number of hydrogen-bond donors (Lipinski definition) is 1. The lowest BCUT2D eigenvalue weighted by Gasteiger charge is -2.20. The first-order valence-electron chi connectivity index (χ1n) is 7.88. The van der Waals surface area contributed by atoms with Gasteiger partial charge in [0.25, 0.3) is 0 Å². The van der Waals surface area contributed by atoms with E-state index in [-0.39, 0.29) is 18.4 Å². The molecule has 1 aliphatic rings. The van der Waals surface area contributed by atoms with E-state index in [1.807, 2.05) is 6.07 Å². The van der Waals surface area contributed by atoms with Crippen LogP contribution in [0.1, 0.15) is 39.0 Å². The Morgan fingerprint density at radius 3 is 2.73 bits per heavy atom. The van der Waals surface area contributed by atoms with Crippen molar-refractivity contribution in [1.29, 1.82) is 0 Å². The van der Waals surface area contributed by atoms with E-state index in [4.69, 9.17) is 9.47 Å². The van der Waals surface area contributed by atoms with E-state index in [0.717, 1.165) is 25.7 Å². The molecule has 0 radical (unpaired) electrons. The van der Waals surface area contributed by atoms with Crippen LogP contribution in [0.3, 0.4) is 0 Å². The predicted molar refractivity (Wildman–Crippen MR) is 83.8 cm³/mol. The first-order chi connectivity index (χ1) is 10.7. The minimum atomic E-state index is -0.404. The van der Waals surface area contributed by atoms with Crippen LogP contribution in [0.25, 0.3) is 0 Å². The zero-order valence-corrected chi connectivity index (χ0v) is 13.0. The molecule has 1 amide bonds. The summed E-state index contributed by atoms with van der Waals surface area (Å²) in [6.07, 6.45) is 5.40. The summed E-state index contributed by atoms with van der Waals surface area (Å²) in [6.45, 7) is 1.95. The minimum Gasteiger partial charge on any atom is -0.482 e. The number of anilines is 1. The molecule has 1 aromatic rings. The summed E-state index contributed by atoms with van der Waals surface area (Å²) in [5, 5.41) is 2.93. The van der Waals surface area contributed by atoms with Crippen LogP contribution < -0.4 is 10.1 Å². The highest BCUT2D eigenvalue weighted by molar-refractivity contribution is 5.92. The fourth-order valence-corrected chi connectivity index (χ4v) is 2.62. The van der Waals surface area contributed by atoms with E-state index in [1.54, 1.807) is 25.1 Å². The standard InChI is InChI=1S/C17H23NO4/c1-2-21-16(19)12-22-15-10-6-9-14(11-15)18-17(20)13-7-4-3-5-8-13/h6,9-11,13H,2-5,7-8,12H2,1H3,(H,18,20). The smallest absolute Gasteiger partial charge is 0.344 e. The Morgan fingerprint density at radius 2 is 2.00 bits per heavy atom. The van der Waals surface area contributed by atoms with Crippen LogP contribution in [-0.4, -0.2) is 25.1 Å². The third kappa shape index (κ3) is 5.06. The van der Waals surface area contributed by atoms with Crippen LogP contribution in [0, 0.1) is 5.92 Å². The molecule has 1 saturated carbocycles. The number of rotatable bonds is 6. The Labute approximate surface area is 131 Å². The van der Waals surface area contributed by atoms with E-state index in [2.05, 4.69) is 5.32 Å². The largest absolute Gasteiger partial charge is 0.482 e. The monoisotopic (exact) mass is 305 g/mol. The molecule has 1 fully saturated rings.